The van der Waals surface area contributed by atoms with Gasteiger partial charge in [0.15, 0.2) is 0 Å². The number of ether oxygens (including phenoxy) is 1. The van der Waals surface area contributed by atoms with E-state index in [9.17, 15) is 14.5 Å². The molecular weight excluding hydrogens is 329 g/mol. The predicted molar refractivity (Wildman–Crippen MR) is 91.3 cm³/mol. The third-order valence-corrected chi connectivity index (χ3v) is 4.59. The van der Waals surface area contributed by atoms with Gasteiger partial charge in [-0.2, -0.15) is 0 Å². The van der Waals surface area contributed by atoms with E-state index < -0.39 is 20.2 Å². The Hall–Kier alpha value is -2.30. The predicted octanol–water partition coefficient (Wildman–Crippen LogP) is 3.40. The highest BCUT2D eigenvalue weighted by molar-refractivity contribution is 7.36. The number of phenolic OH excluding ortho intramolecular Hbond substituents is 1. The van der Waals surface area contributed by atoms with Crippen LogP contribution in [-0.4, -0.2) is 29.4 Å². The van der Waals surface area contributed by atoms with Crippen LogP contribution in [0.25, 0.3) is 0 Å². The van der Waals surface area contributed by atoms with Gasteiger partial charge in [-0.25, -0.2) is 9.46 Å². The minimum absolute atomic E-state index is 0.0807. The van der Waals surface area contributed by atoms with Crippen LogP contribution < -0.4 is 4.52 Å². The van der Waals surface area contributed by atoms with Gasteiger partial charge in [-0.1, -0.05) is 30.3 Å². The molecule has 0 aliphatic rings. The topological polar surface area (TPSA) is 76.1 Å². The summed E-state index contributed by atoms with van der Waals surface area (Å²) in [5.74, 6) is 0.0134. The summed E-state index contributed by atoms with van der Waals surface area (Å²) in [6.45, 7) is 1.91. The first-order valence-electron chi connectivity index (χ1n) is 7.48. The quantitative estimate of drug-likeness (QED) is 0.610. The van der Waals surface area contributed by atoms with Crippen LogP contribution >= 0.6 is 8.18 Å². The number of esters is 1. The fourth-order valence-electron chi connectivity index (χ4n) is 2.16. The molecule has 24 heavy (non-hydrogen) atoms. The van der Waals surface area contributed by atoms with Crippen molar-refractivity contribution in [2.24, 2.45) is 0 Å². The lowest BCUT2D eigenvalue weighted by Crippen LogP contribution is -2.28. The summed E-state index contributed by atoms with van der Waals surface area (Å²) in [6.07, 6.45) is 0. The number of hydrogen-bond donors (Lipinski definition) is 1. The highest BCUT2D eigenvalue weighted by atomic mass is 31.1. The number of carbonyl (C=O) groups is 1. The van der Waals surface area contributed by atoms with Gasteiger partial charge in [0.2, 0.25) is 0 Å². The van der Waals surface area contributed by atoms with E-state index in [0.717, 1.165) is 0 Å². The summed E-state index contributed by atoms with van der Waals surface area (Å²) in [4.78, 5) is 12.3. The van der Waals surface area contributed by atoms with Gasteiger partial charge in [0, 0.05) is 0 Å². The van der Waals surface area contributed by atoms with E-state index in [2.05, 4.69) is 0 Å². The molecule has 0 bridgehead atoms. The molecule has 2 rings (SSSR count). The van der Waals surface area contributed by atoms with Crippen molar-refractivity contribution in [1.82, 2.24) is 4.67 Å². The van der Waals surface area contributed by atoms with Gasteiger partial charge in [0.05, 0.1) is 6.61 Å². The van der Waals surface area contributed by atoms with Crippen molar-refractivity contribution in [2.75, 3.05) is 13.7 Å². The highest BCUT2D eigenvalue weighted by Crippen LogP contribution is 2.37. The summed E-state index contributed by atoms with van der Waals surface area (Å²) < 4.78 is 24.4. The van der Waals surface area contributed by atoms with Gasteiger partial charge in [0.25, 0.3) is 0 Å². The molecule has 0 radical (unpaired) electrons. The molecule has 0 aliphatic carbocycles. The number of likely N-dealkylation sites (N-methyl/N-ethyl adjacent to an activating group) is 1. The van der Waals surface area contributed by atoms with Crippen LogP contribution in [0.15, 0.2) is 54.6 Å². The molecule has 128 valence electrons. The maximum absolute atomic E-state index is 12.5. The monoisotopic (exact) mass is 349 g/mol. The van der Waals surface area contributed by atoms with Crippen molar-refractivity contribution in [2.45, 2.75) is 13.0 Å². The zero-order valence-electron chi connectivity index (χ0n) is 13.5. The molecule has 6 nitrogen and oxygen atoms in total. The van der Waals surface area contributed by atoms with E-state index >= 15 is 0 Å². The summed E-state index contributed by atoms with van der Waals surface area (Å²) in [5.41, 5.74) is 0.559. The molecule has 1 N–H and O–H groups in total. The van der Waals surface area contributed by atoms with Crippen LogP contribution in [-0.2, 0) is 14.1 Å². The van der Waals surface area contributed by atoms with Gasteiger partial charge >= 0.3 is 14.1 Å². The third-order valence-electron chi connectivity index (χ3n) is 3.34. The van der Waals surface area contributed by atoms with Crippen LogP contribution in [0.4, 0.5) is 0 Å². The first kappa shape index (κ1) is 18.0. The highest BCUT2D eigenvalue weighted by Gasteiger charge is 2.30. The van der Waals surface area contributed by atoms with E-state index in [1.807, 2.05) is 6.07 Å². The Labute approximate surface area is 141 Å². The Kier molecular flexibility index (Phi) is 6.41. The average molecular weight is 349 g/mol. The molecule has 2 atom stereocenters. The van der Waals surface area contributed by atoms with Crippen LogP contribution in [0.5, 0.6) is 11.5 Å². The molecule has 0 heterocycles. The molecule has 0 aromatic heterocycles. The molecule has 0 fully saturated rings. The van der Waals surface area contributed by atoms with Crippen LogP contribution in [0.2, 0.25) is 0 Å². The number of aromatic hydroxyl groups is 1. The fraction of sp³-hybridized carbons (Fsp3) is 0.235. The Morgan fingerprint density at radius 3 is 2.38 bits per heavy atom. The van der Waals surface area contributed by atoms with E-state index in [1.54, 1.807) is 50.4 Å². The molecule has 0 spiro atoms. The van der Waals surface area contributed by atoms with Gasteiger partial charge in [-0.05, 0) is 43.8 Å². The standard InChI is InChI=1S/C17H20NO5P/c1-3-22-17(20)16(13-9-11-14(19)12-10-13)18(2)24(21)23-15-7-5-4-6-8-15/h4-12,16,19,24H,3H2,1-2H3. The second-order valence-electron chi connectivity index (χ2n) is 5.04. The van der Waals surface area contributed by atoms with E-state index in [1.165, 1.54) is 16.8 Å². The molecule has 7 heteroatoms. The first-order valence-corrected chi connectivity index (χ1v) is 8.74. The minimum Gasteiger partial charge on any atom is -0.508 e. The van der Waals surface area contributed by atoms with Crippen molar-refractivity contribution in [1.29, 1.82) is 0 Å². The largest absolute Gasteiger partial charge is 0.508 e. The summed E-state index contributed by atoms with van der Waals surface area (Å²) in [7, 11) is -1.18. The minimum atomic E-state index is -2.72. The molecule has 2 unspecified atom stereocenters. The van der Waals surface area contributed by atoms with Crippen LogP contribution in [0.1, 0.15) is 18.5 Å². The van der Waals surface area contributed by atoms with Crippen LogP contribution in [0.3, 0.4) is 0 Å². The molecular formula is C17H20NO5P. The molecule has 0 saturated heterocycles. The fourth-order valence-corrected chi connectivity index (χ4v) is 3.11. The zero-order valence-corrected chi connectivity index (χ0v) is 14.5. The molecule has 0 amide bonds. The first-order chi connectivity index (χ1) is 11.5. The lowest BCUT2D eigenvalue weighted by Gasteiger charge is -2.25. The Bertz CT molecular complexity index is 690. The Morgan fingerprint density at radius 2 is 1.79 bits per heavy atom. The van der Waals surface area contributed by atoms with E-state index in [4.69, 9.17) is 9.26 Å². The maximum Gasteiger partial charge on any atom is 0.328 e. The zero-order chi connectivity index (χ0) is 17.5. The SMILES string of the molecule is CCOC(=O)C(c1ccc(O)cc1)N(C)[PH](=O)Oc1ccccc1. The van der Waals surface area contributed by atoms with Gasteiger partial charge in [0.1, 0.15) is 17.5 Å². The second-order valence-corrected chi connectivity index (χ2v) is 6.48. The number of nitrogens with zero attached hydrogens (tertiary/aromatic N) is 1. The lowest BCUT2D eigenvalue weighted by molar-refractivity contribution is -0.147. The number of phenols is 1. The van der Waals surface area contributed by atoms with Gasteiger partial charge < -0.3 is 14.4 Å². The van der Waals surface area contributed by atoms with Crippen molar-refractivity contribution >= 4 is 14.1 Å². The number of carbonyl (C=O) groups excluding carboxylic acids is 1. The Morgan fingerprint density at radius 1 is 1.17 bits per heavy atom. The lowest BCUT2D eigenvalue weighted by atomic mass is 10.1. The Balaban J connectivity index is 2.23. The number of rotatable bonds is 7. The third kappa shape index (κ3) is 4.60. The maximum atomic E-state index is 12.5. The van der Waals surface area contributed by atoms with Crippen molar-refractivity contribution < 1.29 is 23.7 Å². The average Bonchev–Trinajstić information content (AvgIpc) is 2.58. The molecule has 2 aromatic rings. The van der Waals surface area contributed by atoms with Gasteiger partial charge in [-0.3, -0.25) is 4.57 Å². The number of hydrogen-bond acceptors (Lipinski definition) is 5. The molecule has 0 aliphatic heterocycles. The van der Waals surface area contributed by atoms with Crippen molar-refractivity contribution in [3.63, 3.8) is 0 Å². The normalized spacial score (nSPS) is 13.3. The molecule has 2 aromatic carbocycles. The van der Waals surface area contributed by atoms with Gasteiger partial charge in [-0.15, -0.1) is 0 Å². The molecule has 0 saturated carbocycles. The summed E-state index contributed by atoms with van der Waals surface area (Å²) in [5, 5.41) is 9.41. The summed E-state index contributed by atoms with van der Waals surface area (Å²) >= 11 is 0. The van der Waals surface area contributed by atoms with Crippen molar-refractivity contribution in [3.8, 4) is 11.5 Å². The second kappa shape index (κ2) is 8.52. The van der Waals surface area contributed by atoms with Crippen molar-refractivity contribution in [3.05, 3.63) is 60.2 Å². The van der Waals surface area contributed by atoms with E-state index in [-0.39, 0.29) is 12.4 Å². The van der Waals surface area contributed by atoms with Crippen LogP contribution in [0, 0.1) is 0 Å². The number of benzene rings is 2. The number of para-hydroxylation sites is 1. The van der Waals surface area contributed by atoms with E-state index in [0.29, 0.717) is 11.3 Å². The smallest absolute Gasteiger partial charge is 0.328 e. The summed E-state index contributed by atoms with van der Waals surface area (Å²) in [6, 6.07) is 14.0.